The molecular formula is C22H19ClN4O. The van der Waals surface area contributed by atoms with Crippen LogP contribution in [0.4, 0.5) is 5.69 Å². The van der Waals surface area contributed by atoms with Gasteiger partial charge in [-0.3, -0.25) is 4.79 Å². The number of hydrogen-bond donors (Lipinski definition) is 3. The topological polar surface area (TPSA) is 83.8 Å². The molecule has 1 atom stereocenters. The number of pyridine rings is 1. The quantitative estimate of drug-likeness (QED) is 0.450. The molecule has 0 aliphatic heterocycles. The van der Waals surface area contributed by atoms with Crippen molar-refractivity contribution >= 4 is 34.2 Å². The molecule has 1 amide bonds. The van der Waals surface area contributed by atoms with E-state index in [0.717, 1.165) is 27.7 Å². The van der Waals surface area contributed by atoms with Gasteiger partial charge in [-0.15, -0.1) is 0 Å². The van der Waals surface area contributed by atoms with Crippen LogP contribution >= 0.6 is 11.6 Å². The molecular weight excluding hydrogens is 372 g/mol. The zero-order chi connectivity index (χ0) is 19.7. The molecule has 2 aromatic heterocycles. The number of benzene rings is 2. The Hall–Kier alpha value is -3.15. The van der Waals surface area contributed by atoms with Crippen molar-refractivity contribution in [1.29, 1.82) is 0 Å². The Morgan fingerprint density at radius 3 is 2.75 bits per heavy atom. The van der Waals surface area contributed by atoms with E-state index in [-0.39, 0.29) is 11.9 Å². The van der Waals surface area contributed by atoms with E-state index >= 15 is 0 Å². The number of anilines is 1. The summed E-state index contributed by atoms with van der Waals surface area (Å²) in [5.41, 5.74) is 10.7. The van der Waals surface area contributed by atoms with Gasteiger partial charge in [0.05, 0.1) is 5.69 Å². The third-order valence-electron chi connectivity index (χ3n) is 4.68. The van der Waals surface area contributed by atoms with Crippen LogP contribution in [0.15, 0.2) is 67.0 Å². The van der Waals surface area contributed by atoms with Crippen molar-refractivity contribution in [3.05, 3.63) is 83.1 Å². The molecule has 140 valence electrons. The summed E-state index contributed by atoms with van der Waals surface area (Å²) in [5, 5.41) is 4.44. The van der Waals surface area contributed by atoms with Gasteiger partial charge >= 0.3 is 0 Å². The molecule has 0 spiro atoms. The van der Waals surface area contributed by atoms with Gasteiger partial charge in [-0.25, -0.2) is 4.98 Å². The van der Waals surface area contributed by atoms with Gasteiger partial charge in [-0.05, 0) is 48.4 Å². The van der Waals surface area contributed by atoms with E-state index in [1.165, 1.54) is 0 Å². The van der Waals surface area contributed by atoms with Crippen LogP contribution in [0.1, 0.15) is 28.9 Å². The molecule has 4 aromatic rings. The lowest BCUT2D eigenvalue weighted by molar-refractivity contribution is 0.102. The Bertz CT molecular complexity index is 1170. The van der Waals surface area contributed by atoms with Crippen molar-refractivity contribution in [3.63, 3.8) is 0 Å². The number of aromatic amines is 1. The van der Waals surface area contributed by atoms with Crippen LogP contribution in [-0.4, -0.2) is 15.9 Å². The zero-order valence-corrected chi connectivity index (χ0v) is 16.0. The van der Waals surface area contributed by atoms with Crippen LogP contribution in [0.5, 0.6) is 0 Å². The highest BCUT2D eigenvalue weighted by molar-refractivity contribution is 6.33. The smallest absolute Gasteiger partial charge is 0.255 e. The van der Waals surface area contributed by atoms with E-state index in [1.54, 1.807) is 24.5 Å². The number of amides is 1. The summed E-state index contributed by atoms with van der Waals surface area (Å²) in [7, 11) is 0. The number of aromatic nitrogens is 2. The van der Waals surface area contributed by atoms with Crippen molar-refractivity contribution < 1.29 is 4.79 Å². The Labute approximate surface area is 167 Å². The Balaban J connectivity index is 1.74. The number of halogens is 1. The van der Waals surface area contributed by atoms with Crippen molar-refractivity contribution in [1.82, 2.24) is 9.97 Å². The lowest BCUT2D eigenvalue weighted by Crippen LogP contribution is -2.14. The fourth-order valence-corrected chi connectivity index (χ4v) is 3.51. The molecule has 0 saturated heterocycles. The number of nitrogens with two attached hydrogens (primary N) is 1. The lowest BCUT2D eigenvalue weighted by Gasteiger charge is -2.16. The predicted octanol–water partition coefficient (Wildman–Crippen LogP) is 5.16. The van der Waals surface area contributed by atoms with Crippen LogP contribution < -0.4 is 11.1 Å². The van der Waals surface area contributed by atoms with Gasteiger partial charge in [0.15, 0.2) is 0 Å². The van der Waals surface area contributed by atoms with E-state index in [0.29, 0.717) is 16.3 Å². The fourth-order valence-electron chi connectivity index (χ4n) is 3.27. The molecule has 4 N–H and O–H groups in total. The van der Waals surface area contributed by atoms with Crippen LogP contribution in [0.2, 0.25) is 5.02 Å². The number of fused-ring (bicyclic) bond motifs is 1. The first-order valence-electron chi connectivity index (χ1n) is 8.92. The van der Waals surface area contributed by atoms with Gasteiger partial charge in [0, 0.05) is 40.0 Å². The molecule has 0 aliphatic rings. The molecule has 0 bridgehead atoms. The molecule has 2 heterocycles. The number of nitrogens with zero attached hydrogens (tertiary/aromatic N) is 1. The summed E-state index contributed by atoms with van der Waals surface area (Å²) in [6, 6.07) is 16.5. The first kappa shape index (κ1) is 18.2. The SMILES string of the molecule is CC(N)c1ccc(C(=O)Nc2ccnc3[nH]ccc23)cc1-c1ccccc1Cl. The highest BCUT2D eigenvalue weighted by Crippen LogP contribution is 2.33. The van der Waals surface area contributed by atoms with Gasteiger partial charge in [0.1, 0.15) is 5.65 Å². The second-order valence-corrected chi connectivity index (χ2v) is 7.03. The minimum absolute atomic E-state index is 0.192. The van der Waals surface area contributed by atoms with Gasteiger partial charge in [0.2, 0.25) is 0 Å². The summed E-state index contributed by atoms with van der Waals surface area (Å²) in [5.74, 6) is -0.210. The fraction of sp³-hybridized carbons (Fsp3) is 0.0909. The highest BCUT2D eigenvalue weighted by Gasteiger charge is 2.16. The first-order valence-corrected chi connectivity index (χ1v) is 9.30. The molecule has 0 fully saturated rings. The van der Waals surface area contributed by atoms with Gasteiger partial charge in [-0.1, -0.05) is 35.9 Å². The van der Waals surface area contributed by atoms with Gasteiger partial charge in [-0.2, -0.15) is 0 Å². The lowest BCUT2D eigenvalue weighted by atomic mass is 9.93. The molecule has 2 aromatic carbocycles. The molecule has 0 saturated carbocycles. The Morgan fingerprint density at radius 1 is 1.14 bits per heavy atom. The van der Waals surface area contributed by atoms with Crippen molar-refractivity contribution in [2.75, 3.05) is 5.32 Å². The monoisotopic (exact) mass is 390 g/mol. The third-order valence-corrected chi connectivity index (χ3v) is 5.01. The summed E-state index contributed by atoms with van der Waals surface area (Å²) in [6.07, 6.45) is 3.45. The van der Waals surface area contributed by atoms with E-state index in [9.17, 15) is 4.79 Å². The third kappa shape index (κ3) is 3.38. The second-order valence-electron chi connectivity index (χ2n) is 6.62. The molecule has 6 heteroatoms. The number of hydrogen-bond acceptors (Lipinski definition) is 3. The predicted molar refractivity (Wildman–Crippen MR) is 114 cm³/mol. The summed E-state index contributed by atoms with van der Waals surface area (Å²) >= 11 is 6.40. The van der Waals surface area contributed by atoms with E-state index in [1.807, 2.05) is 49.4 Å². The minimum Gasteiger partial charge on any atom is -0.346 e. The highest BCUT2D eigenvalue weighted by atomic mass is 35.5. The molecule has 0 aliphatic carbocycles. The van der Waals surface area contributed by atoms with Gasteiger partial charge < -0.3 is 16.0 Å². The minimum atomic E-state index is -0.210. The van der Waals surface area contributed by atoms with Crippen molar-refractivity contribution in [3.8, 4) is 11.1 Å². The number of carbonyl (C=O) groups excluding carboxylic acids is 1. The van der Waals surface area contributed by atoms with E-state index in [4.69, 9.17) is 17.3 Å². The molecule has 4 rings (SSSR count). The number of nitrogens with one attached hydrogen (secondary N) is 2. The van der Waals surface area contributed by atoms with Crippen LogP contribution in [0, 0.1) is 0 Å². The number of rotatable bonds is 4. The largest absolute Gasteiger partial charge is 0.346 e. The second kappa shape index (κ2) is 7.46. The zero-order valence-electron chi connectivity index (χ0n) is 15.2. The average molecular weight is 391 g/mol. The van der Waals surface area contributed by atoms with Gasteiger partial charge in [0.25, 0.3) is 5.91 Å². The summed E-state index contributed by atoms with van der Waals surface area (Å²) < 4.78 is 0. The normalized spacial score (nSPS) is 12.1. The summed E-state index contributed by atoms with van der Waals surface area (Å²) in [6.45, 7) is 1.91. The Kier molecular flexibility index (Phi) is 4.86. The van der Waals surface area contributed by atoms with Crippen LogP contribution in [0.3, 0.4) is 0 Å². The standard InChI is InChI=1S/C22H19ClN4O/c1-13(24)15-7-6-14(12-18(15)16-4-2-3-5-19(16)23)22(28)27-20-9-11-26-21-17(20)8-10-25-21/h2-13H,24H2,1H3,(H2,25,26,27,28). The number of carbonyl (C=O) groups is 1. The average Bonchev–Trinajstić information content (AvgIpc) is 3.17. The molecule has 0 radical (unpaired) electrons. The van der Waals surface area contributed by atoms with Crippen molar-refractivity contribution in [2.45, 2.75) is 13.0 Å². The molecule has 5 nitrogen and oxygen atoms in total. The van der Waals surface area contributed by atoms with Crippen molar-refractivity contribution in [2.24, 2.45) is 5.73 Å². The maximum atomic E-state index is 12.9. The maximum absolute atomic E-state index is 12.9. The number of H-pyrrole nitrogens is 1. The summed E-state index contributed by atoms with van der Waals surface area (Å²) in [4.78, 5) is 20.2. The van der Waals surface area contributed by atoms with Crippen LogP contribution in [0.25, 0.3) is 22.2 Å². The van der Waals surface area contributed by atoms with E-state index < -0.39 is 0 Å². The van der Waals surface area contributed by atoms with Crippen LogP contribution in [-0.2, 0) is 0 Å². The molecule has 1 unspecified atom stereocenters. The first-order chi connectivity index (χ1) is 13.5. The Morgan fingerprint density at radius 2 is 1.96 bits per heavy atom. The molecule has 28 heavy (non-hydrogen) atoms. The van der Waals surface area contributed by atoms with E-state index in [2.05, 4.69) is 15.3 Å². The maximum Gasteiger partial charge on any atom is 0.255 e.